The normalized spacial score (nSPS) is 20.2. The summed E-state index contributed by atoms with van der Waals surface area (Å²) in [5.74, 6) is 0. The van der Waals surface area contributed by atoms with Gasteiger partial charge in [0.05, 0.1) is 45.2 Å². The standard InChI is InChI=1S/C38H45NO4.ClH/c1-2-3-24-39-25-36(41-27-32-18-10-5-11-19-32)38(43-29-34-22-14-7-15-23-34)37(42-28-33-20-12-6-13-21-33)35(39)30-40-26-31-16-8-4-9-17-31;/h4-23,35-38H,2-3,24-30H2,1H3;1H/t35-,36+,37-,38-;/m1./s1. The number of benzene rings is 4. The molecule has 5 nitrogen and oxygen atoms in total. The highest BCUT2D eigenvalue weighted by Crippen LogP contribution is 2.29. The van der Waals surface area contributed by atoms with Crippen LogP contribution in [0.15, 0.2) is 121 Å². The fourth-order valence-corrected chi connectivity index (χ4v) is 5.67. The van der Waals surface area contributed by atoms with Gasteiger partial charge in [0, 0.05) is 6.54 Å². The largest absolute Gasteiger partial charge is 0.375 e. The van der Waals surface area contributed by atoms with Crippen molar-refractivity contribution in [3.63, 3.8) is 0 Å². The Morgan fingerprint density at radius 3 is 1.48 bits per heavy atom. The maximum Gasteiger partial charge on any atom is 0.113 e. The Hall–Kier alpha value is -3.03. The molecule has 0 spiro atoms. The lowest BCUT2D eigenvalue weighted by Crippen LogP contribution is -2.64. The van der Waals surface area contributed by atoms with Gasteiger partial charge < -0.3 is 18.9 Å². The van der Waals surface area contributed by atoms with E-state index in [0.717, 1.165) is 42.6 Å². The smallest absolute Gasteiger partial charge is 0.113 e. The second-order valence-electron chi connectivity index (χ2n) is 11.3. The lowest BCUT2D eigenvalue weighted by Gasteiger charge is -2.48. The number of likely N-dealkylation sites (tertiary alicyclic amines) is 1. The summed E-state index contributed by atoms with van der Waals surface area (Å²) < 4.78 is 26.7. The van der Waals surface area contributed by atoms with Gasteiger partial charge in [-0.3, -0.25) is 4.90 Å². The monoisotopic (exact) mass is 615 g/mol. The Morgan fingerprint density at radius 1 is 0.568 bits per heavy atom. The van der Waals surface area contributed by atoms with E-state index in [1.807, 2.05) is 24.3 Å². The Bertz CT molecular complexity index is 1300. The molecule has 4 atom stereocenters. The first-order valence-electron chi connectivity index (χ1n) is 15.6. The predicted octanol–water partition coefficient (Wildman–Crippen LogP) is 7.87. The molecule has 5 rings (SSSR count). The molecule has 1 fully saturated rings. The van der Waals surface area contributed by atoms with E-state index in [2.05, 4.69) is 109 Å². The van der Waals surface area contributed by atoms with E-state index < -0.39 is 0 Å². The number of unbranched alkanes of at least 4 members (excludes halogenated alkanes) is 1. The van der Waals surface area contributed by atoms with Crippen LogP contribution >= 0.6 is 12.4 Å². The SMILES string of the molecule is CCCCN1C[C@H](OCc2ccccc2)[C@@H](OCc2ccccc2)[C@H](OCc2ccccc2)[C@H]1COCc1ccccc1.Cl. The molecule has 6 heteroatoms. The fourth-order valence-electron chi connectivity index (χ4n) is 5.67. The highest BCUT2D eigenvalue weighted by atomic mass is 35.5. The number of rotatable bonds is 16. The molecule has 44 heavy (non-hydrogen) atoms. The molecule has 0 aliphatic carbocycles. The van der Waals surface area contributed by atoms with Crippen LogP contribution in [0.2, 0.25) is 0 Å². The van der Waals surface area contributed by atoms with E-state index in [1.54, 1.807) is 0 Å². The summed E-state index contributed by atoms with van der Waals surface area (Å²) in [5, 5.41) is 0. The van der Waals surface area contributed by atoms with E-state index in [9.17, 15) is 0 Å². The highest BCUT2D eigenvalue weighted by Gasteiger charge is 2.46. The molecule has 0 aromatic heterocycles. The van der Waals surface area contributed by atoms with Crippen molar-refractivity contribution in [3.8, 4) is 0 Å². The Balaban J connectivity index is 0.00000442. The molecule has 4 aromatic rings. The maximum absolute atomic E-state index is 6.85. The summed E-state index contributed by atoms with van der Waals surface area (Å²) >= 11 is 0. The van der Waals surface area contributed by atoms with Crippen LogP contribution in [0.25, 0.3) is 0 Å². The molecule has 234 valence electrons. The molecule has 1 aliphatic heterocycles. The molecule has 0 saturated carbocycles. The zero-order chi connectivity index (χ0) is 29.5. The van der Waals surface area contributed by atoms with Crippen molar-refractivity contribution in [1.29, 1.82) is 0 Å². The van der Waals surface area contributed by atoms with Gasteiger partial charge in [-0.1, -0.05) is 135 Å². The lowest BCUT2D eigenvalue weighted by atomic mass is 9.92. The van der Waals surface area contributed by atoms with Crippen LogP contribution in [0.1, 0.15) is 42.0 Å². The molecule has 1 heterocycles. The fraction of sp³-hybridized carbons (Fsp3) is 0.368. The van der Waals surface area contributed by atoms with E-state index in [-0.39, 0.29) is 36.8 Å². The van der Waals surface area contributed by atoms with Crippen LogP contribution in [0.4, 0.5) is 0 Å². The second kappa shape index (κ2) is 18.7. The van der Waals surface area contributed by atoms with Crippen LogP contribution in [-0.4, -0.2) is 49.0 Å². The van der Waals surface area contributed by atoms with E-state index in [4.69, 9.17) is 18.9 Å². The Morgan fingerprint density at radius 2 is 1.00 bits per heavy atom. The van der Waals surface area contributed by atoms with Gasteiger partial charge in [0.1, 0.15) is 12.2 Å². The van der Waals surface area contributed by atoms with Gasteiger partial charge in [0.25, 0.3) is 0 Å². The van der Waals surface area contributed by atoms with Crippen molar-refractivity contribution in [2.75, 3.05) is 19.7 Å². The van der Waals surface area contributed by atoms with Gasteiger partial charge in [-0.15, -0.1) is 12.4 Å². The van der Waals surface area contributed by atoms with Gasteiger partial charge in [-0.05, 0) is 35.2 Å². The van der Waals surface area contributed by atoms with Crippen LogP contribution in [-0.2, 0) is 45.4 Å². The van der Waals surface area contributed by atoms with Crippen molar-refractivity contribution in [2.24, 2.45) is 0 Å². The molecular formula is C38H46ClNO4. The third kappa shape index (κ3) is 10.3. The Labute approximate surface area is 269 Å². The van der Waals surface area contributed by atoms with Gasteiger partial charge in [0.2, 0.25) is 0 Å². The number of piperidine rings is 1. The zero-order valence-electron chi connectivity index (χ0n) is 25.7. The first kappa shape index (κ1) is 33.9. The minimum absolute atomic E-state index is 0. The number of halogens is 1. The summed E-state index contributed by atoms with van der Waals surface area (Å²) in [6, 6.07) is 41.5. The summed E-state index contributed by atoms with van der Waals surface area (Å²) in [7, 11) is 0. The molecule has 1 saturated heterocycles. The average molecular weight is 616 g/mol. The number of hydrogen-bond donors (Lipinski definition) is 0. The van der Waals surface area contributed by atoms with E-state index in [0.29, 0.717) is 33.0 Å². The molecule has 1 aliphatic rings. The molecule has 4 aromatic carbocycles. The van der Waals surface area contributed by atoms with Crippen LogP contribution in [0.5, 0.6) is 0 Å². The summed E-state index contributed by atoms with van der Waals surface area (Å²) in [6.07, 6.45) is 1.54. The third-order valence-corrected chi connectivity index (χ3v) is 8.03. The predicted molar refractivity (Wildman–Crippen MR) is 179 cm³/mol. The molecule has 0 unspecified atom stereocenters. The van der Waals surface area contributed by atoms with Crippen molar-refractivity contribution in [2.45, 2.75) is 70.5 Å². The van der Waals surface area contributed by atoms with Gasteiger partial charge in [-0.25, -0.2) is 0 Å². The first-order chi connectivity index (χ1) is 21.3. The summed E-state index contributed by atoms with van der Waals surface area (Å²) in [4.78, 5) is 2.52. The molecule has 0 radical (unpaired) electrons. The topological polar surface area (TPSA) is 40.2 Å². The minimum atomic E-state index is -0.268. The number of nitrogens with zero attached hydrogens (tertiary/aromatic N) is 1. The van der Waals surface area contributed by atoms with Crippen molar-refractivity contribution in [3.05, 3.63) is 144 Å². The number of hydrogen-bond acceptors (Lipinski definition) is 5. The summed E-state index contributed by atoms with van der Waals surface area (Å²) in [5.41, 5.74) is 4.60. The third-order valence-electron chi connectivity index (χ3n) is 8.03. The Kier molecular flexibility index (Phi) is 14.4. The quantitative estimate of drug-likeness (QED) is 0.128. The highest BCUT2D eigenvalue weighted by molar-refractivity contribution is 5.85. The zero-order valence-corrected chi connectivity index (χ0v) is 26.5. The van der Waals surface area contributed by atoms with Crippen molar-refractivity contribution < 1.29 is 18.9 Å². The molecule has 0 N–H and O–H groups in total. The van der Waals surface area contributed by atoms with E-state index >= 15 is 0 Å². The summed E-state index contributed by atoms with van der Waals surface area (Å²) in [6.45, 7) is 6.59. The van der Waals surface area contributed by atoms with Crippen LogP contribution in [0, 0.1) is 0 Å². The minimum Gasteiger partial charge on any atom is -0.375 e. The second-order valence-corrected chi connectivity index (χ2v) is 11.3. The van der Waals surface area contributed by atoms with Crippen LogP contribution in [0.3, 0.4) is 0 Å². The lowest BCUT2D eigenvalue weighted by molar-refractivity contribution is -0.210. The van der Waals surface area contributed by atoms with Crippen LogP contribution < -0.4 is 0 Å². The van der Waals surface area contributed by atoms with E-state index in [1.165, 1.54) is 5.56 Å². The molecular weight excluding hydrogens is 570 g/mol. The first-order valence-corrected chi connectivity index (χ1v) is 15.6. The van der Waals surface area contributed by atoms with Gasteiger partial charge in [0.15, 0.2) is 0 Å². The average Bonchev–Trinajstić information content (AvgIpc) is 3.07. The van der Waals surface area contributed by atoms with Gasteiger partial charge >= 0.3 is 0 Å². The van der Waals surface area contributed by atoms with Crippen molar-refractivity contribution in [1.82, 2.24) is 4.90 Å². The molecule has 0 bridgehead atoms. The van der Waals surface area contributed by atoms with Crippen molar-refractivity contribution >= 4 is 12.4 Å². The maximum atomic E-state index is 6.85. The number of ether oxygens (including phenoxy) is 4. The van der Waals surface area contributed by atoms with Gasteiger partial charge in [-0.2, -0.15) is 0 Å². The molecule has 0 amide bonds.